The number of hydrogen-bond acceptors (Lipinski definition) is 2. The lowest BCUT2D eigenvalue weighted by molar-refractivity contribution is 0.0522. The summed E-state index contributed by atoms with van der Waals surface area (Å²) >= 11 is 0. The van der Waals surface area contributed by atoms with Crippen molar-refractivity contribution >= 4 is 0 Å². The minimum absolute atomic E-state index is 0.123. The third-order valence-electron chi connectivity index (χ3n) is 7.46. The third-order valence-corrected chi connectivity index (χ3v) is 7.46. The molecule has 0 saturated heterocycles. The first kappa shape index (κ1) is 21.8. The maximum atomic E-state index is 2.52. The summed E-state index contributed by atoms with van der Waals surface area (Å²) in [6.07, 6.45) is 4.75. The molecular weight excluding hydrogens is 376 g/mol. The van der Waals surface area contributed by atoms with Crippen LogP contribution in [-0.4, -0.2) is 37.5 Å². The first-order valence-corrected chi connectivity index (χ1v) is 11.6. The first-order valence-electron chi connectivity index (χ1n) is 11.6. The molecule has 1 aliphatic rings. The largest absolute Gasteiger partial charge is 0.301 e. The fourth-order valence-electron chi connectivity index (χ4n) is 5.68. The molecular formula is C29H36N2. The predicted molar refractivity (Wildman–Crippen MR) is 131 cm³/mol. The molecule has 3 aromatic rings. The Morgan fingerprint density at radius 2 is 1.10 bits per heavy atom. The molecule has 0 aromatic heterocycles. The van der Waals surface area contributed by atoms with Crippen LogP contribution >= 0.6 is 0 Å². The molecule has 0 heterocycles. The van der Waals surface area contributed by atoms with E-state index in [4.69, 9.17) is 0 Å². The van der Waals surface area contributed by atoms with Crippen LogP contribution < -0.4 is 0 Å². The monoisotopic (exact) mass is 412 g/mol. The smallest absolute Gasteiger partial charge is 0.0455 e. The third kappa shape index (κ3) is 4.61. The Morgan fingerprint density at radius 3 is 1.61 bits per heavy atom. The van der Waals surface area contributed by atoms with Crippen LogP contribution in [0.1, 0.15) is 42.4 Å². The molecule has 0 spiro atoms. The van der Waals surface area contributed by atoms with E-state index in [2.05, 4.69) is 122 Å². The summed E-state index contributed by atoms with van der Waals surface area (Å²) in [4.78, 5) is 4.98. The molecule has 0 atom stereocenters. The maximum Gasteiger partial charge on any atom is 0.0455 e. The Bertz CT molecular complexity index is 926. The molecule has 1 saturated carbocycles. The van der Waals surface area contributed by atoms with E-state index in [0.29, 0.717) is 0 Å². The summed E-state index contributed by atoms with van der Waals surface area (Å²) in [7, 11) is 6.79. The van der Waals surface area contributed by atoms with Crippen LogP contribution in [0.2, 0.25) is 0 Å². The number of rotatable bonds is 7. The van der Waals surface area contributed by atoms with Crippen molar-refractivity contribution in [3.05, 3.63) is 108 Å². The average molecular weight is 413 g/mol. The zero-order valence-electron chi connectivity index (χ0n) is 19.3. The summed E-state index contributed by atoms with van der Waals surface area (Å²) < 4.78 is 0. The van der Waals surface area contributed by atoms with E-state index in [0.717, 1.165) is 13.1 Å². The van der Waals surface area contributed by atoms with E-state index in [1.807, 2.05) is 0 Å². The molecule has 3 aromatic carbocycles. The maximum absolute atomic E-state index is 2.52. The molecule has 0 bridgehead atoms. The molecule has 31 heavy (non-hydrogen) atoms. The summed E-state index contributed by atoms with van der Waals surface area (Å²) in [6, 6.07) is 33.2. The summed E-state index contributed by atoms with van der Waals surface area (Å²) in [6.45, 7) is 2.08. The highest BCUT2D eigenvalue weighted by Gasteiger charge is 2.46. The molecule has 2 heteroatoms. The highest BCUT2D eigenvalue weighted by molar-refractivity contribution is 5.31. The van der Waals surface area contributed by atoms with Crippen molar-refractivity contribution in [3.8, 4) is 0 Å². The van der Waals surface area contributed by atoms with Gasteiger partial charge in [-0.3, -0.25) is 4.90 Å². The van der Waals surface area contributed by atoms with Gasteiger partial charge in [-0.05, 0) is 63.5 Å². The lowest BCUT2D eigenvalue weighted by Crippen LogP contribution is -2.50. The number of hydrogen-bond donors (Lipinski definition) is 0. The van der Waals surface area contributed by atoms with Gasteiger partial charge in [-0.15, -0.1) is 0 Å². The molecule has 4 rings (SSSR count). The topological polar surface area (TPSA) is 6.48 Å². The van der Waals surface area contributed by atoms with E-state index < -0.39 is 0 Å². The van der Waals surface area contributed by atoms with Gasteiger partial charge in [0, 0.05) is 24.0 Å². The Hall–Kier alpha value is -2.42. The van der Waals surface area contributed by atoms with Crippen molar-refractivity contribution in [1.29, 1.82) is 0 Å². The highest BCUT2D eigenvalue weighted by atomic mass is 15.2. The molecule has 0 radical (unpaired) electrons. The van der Waals surface area contributed by atoms with Gasteiger partial charge < -0.3 is 4.90 Å². The van der Waals surface area contributed by atoms with Gasteiger partial charge in [-0.1, -0.05) is 91.0 Å². The average Bonchev–Trinajstić information content (AvgIpc) is 2.81. The van der Waals surface area contributed by atoms with Crippen LogP contribution in [0.3, 0.4) is 0 Å². The van der Waals surface area contributed by atoms with Crippen LogP contribution in [-0.2, 0) is 17.5 Å². The fraction of sp³-hybridized carbons (Fsp3) is 0.379. The van der Waals surface area contributed by atoms with Gasteiger partial charge in [0.15, 0.2) is 0 Å². The van der Waals surface area contributed by atoms with E-state index in [9.17, 15) is 0 Å². The Morgan fingerprint density at radius 1 is 0.613 bits per heavy atom. The van der Waals surface area contributed by atoms with Crippen molar-refractivity contribution in [2.24, 2.45) is 0 Å². The molecule has 1 fully saturated rings. The van der Waals surface area contributed by atoms with Crippen LogP contribution in [0.25, 0.3) is 0 Å². The van der Waals surface area contributed by atoms with Gasteiger partial charge in [0.1, 0.15) is 0 Å². The minimum Gasteiger partial charge on any atom is -0.301 e. The Kier molecular flexibility index (Phi) is 6.60. The fourth-order valence-corrected chi connectivity index (χ4v) is 5.68. The number of nitrogens with zero attached hydrogens (tertiary/aromatic N) is 2. The predicted octanol–water partition coefficient (Wildman–Crippen LogP) is 6.09. The van der Waals surface area contributed by atoms with Crippen LogP contribution in [0, 0.1) is 0 Å². The zero-order valence-corrected chi connectivity index (χ0v) is 19.3. The van der Waals surface area contributed by atoms with Gasteiger partial charge >= 0.3 is 0 Å². The quantitative estimate of drug-likeness (QED) is 0.463. The molecule has 2 nitrogen and oxygen atoms in total. The Labute approximate surface area is 188 Å². The molecule has 162 valence electrons. The highest BCUT2D eigenvalue weighted by Crippen LogP contribution is 2.49. The second-order valence-corrected chi connectivity index (χ2v) is 9.60. The minimum atomic E-state index is 0.123. The molecule has 0 amide bonds. The van der Waals surface area contributed by atoms with Crippen LogP contribution in [0.15, 0.2) is 91.0 Å². The van der Waals surface area contributed by atoms with E-state index in [-0.39, 0.29) is 11.0 Å². The molecule has 0 unspecified atom stereocenters. The van der Waals surface area contributed by atoms with Crippen molar-refractivity contribution in [3.63, 3.8) is 0 Å². The van der Waals surface area contributed by atoms with Gasteiger partial charge in [-0.25, -0.2) is 0 Å². The standard InChI is InChI=1S/C29H36N2/c1-30(2)29(27-17-11-6-12-18-27)21-19-28(20-22-29,26-15-9-5-10-16-26)24-31(3)23-25-13-7-4-8-14-25/h4-18H,19-24H2,1-3H3. The first-order chi connectivity index (χ1) is 15.0. The molecule has 0 aliphatic heterocycles. The second kappa shape index (κ2) is 9.38. The van der Waals surface area contributed by atoms with Crippen molar-refractivity contribution < 1.29 is 0 Å². The molecule has 0 N–H and O–H groups in total. The summed E-state index contributed by atoms with van der Waals surface area (Å²) in [5.41, 5.74) is 4.65. The number of benzene rings is 3. The van der Waals surface area contributed by atoms with Gasteiger partial charge in [0.25, 0.3) is 0 Å². The lowest BCUT2D eigenvalue weighted by Gasteiger charge is -2.51. The second-order valence-electron chi connectivity index (χ2n) is 9.60. The van der Waals surface area contributed by atoms with Gasteiger partial charge in [-0.2, -0.15) is 0 Å². The van der Waals surface area contributed by atoms with Crippen molar-refractivity contribution in [2.45, 2.75) is 43.2 Å². The number of likely N-dealkylation sites (N-methyl/N-ethyl adjacent to an activating group) is 1. The normalized spacial score (nSPS) is 23.9. The van der Waals surface area contributed by atoms with E-state index in [1.165, 1.54) is 42.4 Å². The van der Waals surface area contributed by atoms with Gasteiger partial charge in [0.2, 0.25) is 0 Å². The van der Waals surface area contributed by atoms with E-state index in [1.54, 1.807) is 0 Å². The zero-order chi connectivity index (χ0) is 21.7. The SMILES string of the molecule is CN(Cc1ccccc1)CC1(c2ccccc2)CCC(c2ccccc2)(N(C)C)CC1. The summed E-state index contributed by atoms with van der Waals surface area (Å²) in [5, 5.41) is 0. The molecule has 1 aliphatic carbocycles. The Balaban J connectivity index is 1.60. The summed E-state index contributed by atoms with van der Waals surface area (Å²) in [5.74, 6) is 0. The van der Waals surface area contributed by atoms with E-state index >= 15 is 0 Å². The van der Waals surface area contributed by atoms with Crippen LogP contribution in [0.5, 0.6) is 0 Å². The van der Waals surface area contributed by atoms with Crippen molar-refractivity contribution in [2.75, 3.05) is 27.7 Å². The van der Waals surface area contributed by atoms with Gasteiger partial charge in [0.05, 0.1) is 0 Å². The van der Waals surface area contributed by atoms with Crippen LogP contribution in [0.4, 0.5) is 0 Å². The van der Waals surface area contributed by atoms with Crippen molar-refractivity contribution in [1.82, 2.24) is 9.80 Å². The lowest BCUT2D eigenvalue weighted by atomic mass is 9.62.